The Morgan fingerprint density at radius 3 is 2.68 bits per heavy atom. The first kappa shape index (κ1) is 17.7. The standard InChI is InChI=1S/C18H21FN2O3S/c1-24-16-7-8-18(17(19)11-16)25(22,23)20-12-14-9-10-21(13-14)15-5-3-2-4-6-15/h2-8,11,14,20H,9-10,12-13H2,1H3/t14-/m0/s1. The summed E-state index contributed by atoms with van der Waals surface area (Å²) in [6, 6.07) is 13.7. The van der Waals surface area contributed by atoms with Crippen molar-refractivity contribution in [1.82, 2.24) is 4.72 Å². The maximum Gasteiger partial charge on any atom is 0.243 e. The van der Waals surface area contributed by atoms with Crippen LogP contribution in [-0.2, 0) is 10.0 Å². The molecule has 0 saturated carbocycles. The molecule has 1 saturated heterocycles. The summed E-state index contributed by atoms with van der Waals surface area (Å²) in [5.41, 5.74) is 1.13. The fraction of sp³-hybridized carbons (Fsp3) is 0.333. The maximum absolute atomic E-state index is 14.0. The van der Waals surface area contributed by atoms with Crippen LogP contribution < -0.4 is 14.4 Å². The molecule has 0 aromatic heterocycles. The van der Waals surface area contributed by atoms with E-state index < -0.39 is 15.8 Å². The third-order valence-electron chi connectivity index (χ3n) is 4.40. The molecule has 1 heterocycles. The van der Waals surface area contributed by atoms with Gasteiger partial charge in [0.1, 0.15) is 16.5 Å². The molecule has 1 aliphatic rings. The summed E-state index contributed by atoms with van der Waals surface area (Å²) >= 11 is 0. The summed E-state index contributed by atoms with van der Waals surface area (Å²) in [5.74, 6) is -0.341. The van der Waals surface area contributed by atoms with Gasteiger partial charge in [0.05, 0.1) is 7.11 Å². The molecule has 2 aromatic carbocycles. The van der Waals surface area contributed by atoms with Gasteiger partial charge in [-0.3, -0.25) is 0 Å². The van der Waals surface area contributed by atoms with Crippen LogP contribution >= 0.6 is 0 Å². The van der Waals surface area contributed by atoms with E-state index in [9.17, 15) is 12.8 Å². The molecule has 1 atom stereocenters. The number of sulfonamides is 1. The quantitative estimate of drug-likeness (QED) is 0.856. The number of ether oxygens (including phenoxy) is 1. The first-order chi connectivity index (χ1) is 12.0. The lowest BCUT2D eigenvalue weighted by atomic mass is 10.1. The molecule has 2 aromatic rings. The van der Waals surface area contributed by atoms with E-state index in [1.807, 2.05) is 30.3 Å². The van der Waals surface area contributed by atoms with E-state index in [4.69, 9.17) is 4.74 Å². The average molecular weight is 364 g/mol. The molecule has 1 aliphatic heterocycles. The van der Waals surface area contributed by atoms with Gasteiger partial charge in [0, 0.05) is 31.4 Å². The van der Waals surface area contributed by atoms with Crippen LogP contribution in [0.4, 0.5) is 10.1 Å². The molecule has 25 heavy (non-hydrogen) atoms. The second-order valence-electron chi connectivity index (χ2n) is 6.08. The first-order valence-corrected chi connectivity index (χ1v) is 9.61. The molecule has 0 unspecified atom stereocenters. The zero-order valence-corrected chi connectivity index (χ0v) is 14.8. The molecule has 134 valence electrons. The van der Waals surface area contributed by atoms with Gasteiger partial charge in [0.2, 0.25) is 10.0 Å². The first-order valence-electron chi connectivity index (χ1n) is 8.13. The van der Waals surface area contributed by atoms with Crippen LogP contribution in [0.5, 0.6) is 5.75 Å². The van der Waals surface area contributed by atoms with Gasteiger partial charge in [-0.15, -0.1) is 0 Å². The van der Waals surface area contributed by atoms with Crippen LogP contribution in [0.2, 0.25) is 0 Å². The Bertz CT molecular complexity index is 827. The Kier molecular flexibility index (Phi) is 5.24. The average Bonchev–Trinajstić information content (AvgIpc) is 3.09. The van der Waals surface area contributed by atoms with Gasteiger partial charge in [-0.1, -0.05) is 18.2 Å². The zero-order valence-electron chi connectivity index (χ0n) is 14.0. The van der Waals surface area contributed by atoms with Gasteiger partial charge >= 0.3 is 0 Å². The minimum absolute atomic E-state index is 0.191. The summed E-state index contributed by atoms with van der Waals surface area (Å²) in [5, 5.41) is 0. The van der Waals surface area contributed by atoms with Crippen LogP contribution in [-0.4, -0.2) is 35.2 Å². The molecule has 0 spiro atoms. The van der Waals surface area contributed by atoms with Crippen LogP contribution in [0, 0.1) is 11.7 Å². The lowest BCUT2D eigenvalue weighted by molar-refractivity contribution is 0.409. The van der Waals surface area contributed by atoms with E-state index in [1.54, 1.807) is 0 Å². The Morgan fingerprint density at radius 2 is 2.00 bits per heavy atom. The van der Waals surface area contributed by atoms with E-state index in [0.29, 0.717) is 0 Å². The van der Waals surface area contributed by atoms with Crippen LogP contribution in [0.3, 0.4) is 0 Å². The third kappa shape index (κ3) is 4.11. The van der Waals surface area contributed by atoms with E-state index in [0.717, 1.165) is 31.3 Å². The van der Waals surface area contributed by atoms with E-state index in [-0.39, 0.29) is 23.1 Å². The topological polar surface area (TPSA) is 58.6 Å². The summed E-state index contributed by atoms with van der Waals surface area (Å²) in [6.07, 6.45) is 0.891. The van der Waals surface area contributed by atoms with Crippen LogP contribution in [0.15, 0.2) is 53.4 Å². The molecule has 3 rings (SSSR count). The number of para-hydroxylation sites is 1. The predicted molar refractivity (Wildman–Crippen MR) is 94.9 cm³/mol. The Labute approximate surface area is 147 Å². The van der Waals surface area contributed by atoms with E-state index in [2.05, 4.69) is 9.62 Å². The number of hydrogen-bond acceptors (Lipinski definition) is 4. The molecule has 0 aliphatic carbocycles. The summed E-state index contributed by atoms with van der Waals surface area (Å²) in [4.78, 5) is 1.87. The zero-order chi connectivity index (χ0) is 17.9. The van der Waals surface area contributed by atoms with Gasteiger partial charge in [0.25, 0.3) is 0 Å². The number of hydrogen-bond donors (Lipinski definition) is 1. The van der Waals surface area contributed by atoms with Crippen molar-refractivity contribution in [3.8, 4) is 5.75 Å². The highest BCUT2D eigenvalue weighted by Crippen LogP contribution is 2.24. The number of rotatable bonds is 6. The fourth-order valence-electron chi connectivity index (χ4n) is 3.00. The molecule has 7 heteroatoms. The Morgan fingerprint density at radius 1 is 1.24 bits per heavy atom. The van der Waals surface area contributed by atoms with Crippen molar-refractivity contribution < 1.29 is 17.5 Å². The van der Waals surface area contributed by atoms with Crippen LogP contribution in [0.25, 0.3) is 0 Å². The predicted octanol–water partition coefficient (Wildman–Crippen LogP) is 2.64. The number of methoxy groups -OCH3 is 1. The van der Waals surface area contributed by atoms with Gasteiger partial charge in [-0.2, -0.15) is 0 Å². The molecule has 0 amide bonds. The molecule has 5 nitrogen and oxygen atoms in total. The van der Waals surface area contributed by atoms with E-state index in [1.165, 1.54) is 19.2 Å². The number of anilines is 1. The van der Waals surface area contributed by atoms with Crippen LogP contribution in [0.1, 0.15) is 6.42 Å². The molecule has 0 radical (unpaired) electrons. The molecule has 1 fully saturated rings. The van der Waals surface area contributed by atoms with Crippen molar-refractivity contribution in [3.05, 3.63) is 54.3 Å². The normalized spacial score (nSPS) is 17.7. The van der Waals surface area contributed by atoms with Crippen molar-refractivity contribution in [1.29, 1.82) is 0 Å². The lowest BCUT2D eigenvalue weighted by Gasteiger charge is -2.18. The van der Waals surface area contributed by atoms with Gasteiger partial charge in [-0.25, -0.2) is 17.5 Å². The summed E-state index contributed by atoms with van der Waals surface area (Å²) in [7, 11) is -2.48. The molecular weight excluding hydrogens is 343 g/mol. The van der Waals surface area contributed by atoms with Crippen molar-refractivity contribution in [2.45, 2.75) is 11.3 Å². The highest BCUT2D eigenvalue weighted by atomic mass is 32.2. The fourth-order valence-corrected chi connectivity index (χ4v) is 4.18. The summed E-state index contributed by atoms with van der Waals surface area (Å²) < 4.78 is 46.1. The number of nitrogens with one attached hydrogen (secondary N) is 1. The minimum atomic E-state index is -3.88. The van der Waals surface area contributed by atoms with E-state index >= 15 is 0 Å². The maximum atomic E-state index is 14.0. The molecular formula is C18H21FN2O3S. The highest BCUT2D eigenvalue weighted by Gasteiger charge is 2.26. The number of nitrogens with zero attached hydrogens (tertiary/aromatic N) is 1. The second kappa shape index (κ2) is 7.41. The molecule has 0 bridgehead atoms. The largest absolute Gasteiger partial charge is 0.497 e. The van der Waals surface area contributed by atoms with Gasteiger partial charge < -0.3 is 9.64 Å². The lowest BCUT2D eigenvalue weighted by Crippen LogP contribution is -2.31. The molecule has 1 N–H and O–H groups in total. The van der Waals surface area contributed by atoms with Crippen molar-refractivity contribution in [2.75, 3.05) is 31.6 Å². The highest BCUT2D eigenvalue weighted by molar-refractivity contribution is 7.89. The van der Waals surface area contributed by atoms with Gasteiger partial charge in [0.15, 0.2) is 0 Å². The second-order valence-corrected chi connectivity index (χ2v) is 7.82. The van der Waals surface area contributed by atoms with Gasteiger partial charge in [-0.05, 0) is 36.6 Å². The Hall–Kier alpha value is -2.12. The minimum Gasteiger partial charge on any atom is -0.497 e. The third-order valence-corrected chi connectivity index (χ3v) is 5.85. The number of benzene rings is 2. The SMILES string of the molecule is COc1ccc(S(=O)(=O)NC[C@@H]2CCN(c3ccccc3)C2)c(F)c1. The Balaban J connectivity index is 1.62. The van der Waals surface area contributed by atoms with Crippen molar-refractivity contribution >= 4 is 15.7 Å². The smallest absolute Gasteiger partial charge is 0.243 e. The summed E-state index contributed by atoms with van der Waals surface area (Å²) in [6.45, 7) is 1.95. The van der Waals surface area contributed by atoms with Crippen molar-refractivity contribution in [2.24, 2.45) is 5.92 Å². The number of halogens is 1. The monoisotopic (exact) mass is 364 g/mol. The van der Waals surface area contributed by atoms with Crippen molar-refractivity contribution in [3.63, 3.8) is 0 Å².